The molecule has 0 atom stereocenters. The number of carbonyl (C=O) groups excluding carboxylic acids is 1. The Morgan fingerprint density at radius 3 is 2.13 bits per heavy atom. The molecule has 1 aliphatic rings. The minimum atomic E-state index is -0.406. The normalized spacial score (nSPS) is 15.5. The highest BCUT2D eigenvalue weighted by Gasteiger charge is 2.35. The van der Waals surface area contributed by atoms with Gasteiger partial charge in [0.15, 0.2) is 0 Å². The lowest BCUT2D eigenvalue weighted by molar-refractivity contribution is -0.123. The summed E-state index contributed by atoms with van der Waals surface area (Å²) in [7, 11) is 0. The summed E-state index contributed by atoms with van der Waals surface area (Å²) in [6, 6.07) is 23.4. The maximum absolute atomic E-state index is 12.9. The molecule has 4 rings (SSSR count). The largest absolute Gasteiger partial charge is 0.346 e. The summed E-state index contributed by atoms with van der Waals surface area (Å²) in [6.07, 6.45) is 7.44. The number of hydrogen-bond acceptors (Lipinski definition) is 2. The van der Waals surface area contributed by atoms with E-state index in [0.29, 0.717) is 13.0 Å². The first-order valence-corrected chi connectivity index (χ1v) is 10.7. The van der Waals surface area contributed by atoms with Gasteiger partial charge in [-0.3, -0.25) is 9.59 Å². The third kappa shape index (κ3) is 4.70. The van der Waals surface area contributed by atoms with Gasteiger partial charge in [-0.15, -0.1) is 0 Å². The maximum atomic E-state index is 12.9. The molecule has 1 aliphatic carbocycles. The molecule has 1 amide bonds. The Bertz CT molecular complexity index is 1040. The fourth-order valence-corrected chi connectivity index (χ4v) is 4.45. The second-order valence-corrected chi connectivity index (χ2v) is 8.22. The zero-order valence-electron chi connectivity index (χ0n) is 17.2. The number of nitrogens with one attached hydrogen (secondary N) is 1. The summed E-state index contributed by atoms with van der Waals surface area (Å²) in [5, 5.41) is 3.35. The molecule has 2 aromatic carbocycles. The van der Waals surface area contributed by atoms with Gasteiger partial charge in [-0.1, -0.05) is 79.9 Å². The number of carbonyl (C=O) groups is 1. The van der Waals surface area contributed by atoms with Gasteiger partial charge in [0.05, 0.1) is 18.5 Å². The van der Waals surface area contributed by atoms with E-state index >= 15 is 0 Å². The van der Waals surface area contributed by atoms with Crippen molar-refractivity contribution in [2.24, 2.45) is 0 Å². The molecule has 0 bridgehead atoms. The van der Waals surface area contributed by atoms with Crippen LogP contribution in [0.3, 0.4) is 0 Å². The van der Waals surface area contributed by atoms with E-state index in [0.717, 1.165) is 42.4 Å². The lowest BCUT2D eigenvalue weighted by Gasteiger charge is -2.39. The zero-order valence-corrected chi connectivity index (χ0v) is 17.2. The number of hydrogen-bond donors (Lipinski definition) is 1. The van der Waals surface area contributed by atoms with E-state index in [1.165, 1.54) is 6.42 Å². The molecule has 30 heavy (non-hydrogen) atoms. The van der Waals surface area contributed by atoms with Crippen molar-refractivity contribution in [2.75, 3.05) is 0 Å². The lowest BCUT2D eigenvalue weighted by atomic mass is 9.77. The monoisotopic (exact) mass is 400 g/mol. The quantitative estimate of drug-likeness (QED) is 0.666. The van der Waals surface area contributed by atoms with Crippen LogP contribution in [0.5, 0.6) is 0 Å². The van der Waals surface area contributed by atoms with Crippen LogP contribution >= 0.6 is 0 Å². The molecule has 0 unspecified atom stereocenters. The van der Waals surface area contributed by atoms with Gasteiger partial charge in [0.2, 0.25) is 5.91 Å². The number of aromatic nitrogens is 1. The molecule has 4 heteroatoms. The van der Waals surface area contributed by atoms with Crippen molar-refractivity contribution in [3.63, 3.8) is 0 Å². The van der Waals surface area contributed by atoms with Crippen molar-refractivity contribution in [1.82, 2.24) is 9.88 Å². The lowest BCUT2D eigenvalue weighted by Crippen LogP contribution is -2.48. The van der Waals surface area contributed by atoms with Crippen molar-refractivity contribution in [3.05, 3.63) is 106 Å². The third-order valence-corrected chi connectivity index (χ3v) is 6.03. The van der Waals surface area contributed by atoms with Crippen LogP contribution in [-0.2, 0) is 23.3 Å². The first kappa shape index (κ1) is 20.1. The fourth-order valence-electron chi connectivity index (χ4n) is 4.45. The Morgan fingerprint density at radius 1 is 0.833 bits per heavy atom. The van der Waals surface area contributed by atoms with Gasteiger partial charge in [-0.25, -0.2) is 0 Å². The average Bonchev–Trinajstić information content (AvgIpc) is 2.77. The summed E-state index contributed by atoms with van der Waals surface area (Å²) in [6.45, 7) is 0.529. The first-order valence-electron chi connectivity index (χ1n) is 10.7. The van der Waals surface area contributed by atoms with Crippen molar-refractivity contribution in [2.45, 2.75) is 50.6 Å². The highest BCUT2D eigenvalue weighted by Crippen LogP contribution is 2.37. The molecule has 1 fully saturated rings. The highest BCUT2D eigenvalue weighted by atomic mass is 16.1. The Hall–Kier alpha value is -3.14. The number of pyridine rings is 1. The van der Waals surface area contributed by atoms with E-state index < -0.39 is 5.54 Å². The van der Waals surface area contributed by atoms with Gasteiger partial charge < -0.3 is 9.88 Å². The summed E-state index contributed by atoms with van der Waals surface area (Å²) in [5.74, 6) is 0.0314. The predicted molar refractivity (Wildman–Crippen MR) is 119 cm³/mol. The molecule has 0 spiro atoms. The smallest absolute Gasteiger partial charge is 0.250 e. The van der Waals surface area contributed by atoms with Crippen molar-refractivity contribution in [3.8, 4) is 0 Å². The van der Waals surface area contributed by atoms with Crippen LogP contribution in [0.25, 0.3) is 0 Å². The molecular formula is C26H28N2O2. The summed E-state index contributed by atoms with van der Waals surface area (Å²) >= 11 is 0. The van der Waals surface area contributed by atoms with Crippen molar-refractivity contribution >= 4 is 5.91 Å². The van der Waals surface area contributed by atoms with Crippen LogP contribution in [0.1, 0.15) is 48.8 Å². The maximum Gasteiger partial charge on any atom is 0.250 e. The Labute approximate surface area is 177 Å². The van der Waals surface area contributed by atoms with Crippen LogP contribution in [0.15, 0.2) is 83.8 Å². The minimum absolute atomic E-state index is 0.0239. The van der Waals surface area contributed by atoms with Crippen LogP contribution < -0.4 is 10.9 Å². The molecule has 4 nitrogen and oxygen atoms in total. The van der Waals surface area contributed by atoms with Crippen molar-refractivity contribution in [1.29, 1.82) is 0 Å². The molecule has 1 N–H and O–H groups in total. The topological polar surface area (TPSA) is 51.1 Å². The predicted octanol–water partition coefficient (Wildman–Crippen LogP) is 4.41. The number of nitrogens with zero attached hydrogens (tertiary/aromatic N) is 1. The van der Waals surface area contributed by atoms with Crippen LogP contribution in [0, 0.1) is 0 Å². The molecule has 0 radical (unpaired) electrons. The van der Waals surface area contributed by atoms with Gasteiger partial charge in [-0.05, 0) is 35.6 Å². The van der Waals surface area contributed by atoms with Crippen LogP contribution in [0.2, 0.25) is 0 Å². The number of rotatable bonds is 6. The molecule has 154 valence electrons. The second-order valence-electron chi connectivity index (χ2n) is 8.22. The third-order valence-electron chi connectivity index (χ3n) is 6.03. The molecule has 1 saturated carbocycles. The Morgan fingerprint density at radius 2 is 1.47 bits per heavy atom. The Kier molecular flexibility index (Phi) is 6.12. The van der Waals surface area contributed by atoms with E-state index in [9.17, 15) is 9.59 Å². The van der Waals surface area contributed by atoms with Crippen LogP contribution in [0.4, 0.5) is 0 Å². The summed E-state index contributed by atoms with van der Waals surface area (Å²) in [5.41, 5.74) is 2.69. The average molecular weight is 401 g/mol. The van der Waals surface area contributed by atoms with E-state index in [2.05, 4.69) is 5.32 Å². The molecule has 1 heterocycles. The molecule has 0 saturated heterocycles. The molecule has 1 aromatic heterocycles. The van der Waals surface area contributed by atoms with Gasteiger partial charge in [0, 0.05) is 12.3 Å². The SMILES string of the molecule is O=C(Cc1ccccc1)NC1(c2ccc(=O)n(Cc3ccccc3)c2)CCCCC1. The standard InChI is InChI=1S/C26H28N2O2/c29-24(18-21-10-4-1-5-11-21)27-26(16-8-3-9-17-26)23-14-15-25(30)28(20-23)19-22-12-6-2-7-13-22/h1-2,4-7,10-15,20H,3,8-9,16-19H2,(H,27,29). The molecule has 3 aromatic rings. The van der Waals surface area contributed by atoms with Gasteiger partial charge >= 0.3 is 0 Å². The summed E-state index contributed by atoms with van der Waals surface area (Å²) in [4.78, 5) is 25.4. The number of benzene rings is 2. The Balaban J connectivity index is 1.61. The second kappa shape index (κ2) is 9.12. The van der Waals surface area contributed by atoms with E-state index in [4.69, 9.17) is 0 Å². The molecular weight excluding hydrogens is 372 g/mol. The number of amides is 1. The van der Waals surface area contributed by atoms with E-state index in [1.807, 2.05) is 72.9 Å². The minimum Gasteiger partial charge on any atom is -0.346 e. The van der Waals surface area contributed by atoms with Gasteiger partial charge in [0.1, 0.15) is 0 Å². The fraction of sp³-hybridized carbons (Fsp3) is 0.308. The zero-order chi connectivity index (χ0) is 20.8. The van der Waals surface area contributed by atoms with Gasteiger partial charge in [-0.2, -0.15) is 0 Å². The summed E-state index contributed by atoms with van der Waals surface area (Å²) < 4.78 is 1.75. The first-order chi connectivity index (χ1) is 14.6. The van der Waals surface area contributed by atoms with E-state index in [-0.39, 0.29) is 11.5 Å². The van der Waals surface area contributed by atoms with Crippen LogP contribution in [-0.4, -0.2) is 10.5 Å². The highest BCUT2D eigenvalue weighted by molar-refractivity contribution is 5.79. The molecule has 0 aliphatic heterocycles. The van der Waals surface area contributed by atoms with E-state index in [1.54, 1.807) is 10.6 Å². The van der Waals surface area contributed by atoms with Crippen molar-refractivity contribution < 1.29 is 4.79 Å². The van der Waals surface area contributed by atoms with Gasteiger partial charge in [0.25, 0.3) is 5.56 Å².